The number of likely N-dealkylation sites (tertiary alicyclic amines) is 2. The van der Waals surface area contributed by atoms with Gasteiger partial charge in [-0.25, -0.2) is 0 Å². The monoisotopic (exact) mass is 348 g/mol. The Hall–Kier alpha value is -0.380. The van der Waals surface area contributed by atoms with Crippen LogP contribution in [0.1, 0.15) is 72.1 Å². The highest BCUT2D eigenvalue weighted by Gasteiger charge is 2.31. The summed E-state index contributed by atoms with van der Waals surface area (Å²) in [6.45, 7) is 13.9. The Morgan fingerprint density at radius 3 is 2.52 bits per heavy atom. The second-order valence-electron chi connectivity index (χ2n) is 9.50. The van der Waals surface area contributed by atoms with E-state index in [4.69, 9.17) is 0 Å². The van der Waals surface area contributed by atoms with Gasteiger partial charge in [0.15, 0.2) is 0 Å². The Kier molecular flexibility index (Phi) is 6.62. The average Bonchev–Trinajstić information content (AvgIpc) is 2.61. The van der Waals surface area contributed by atoms with E-state index in [9.17, 15) is 5.11 Å². The molecule has 1 atom stereocenters. The summed E-state index contributed by atoms with van der Waals surface area (Å²) in [5, 5.41) is 9.36. The molecule has 3 rings (SSSR count). The predicted octanol–water partition coefficient (Wildman–Crippen LogP) is 4.07. The molecule has 3 aliphatic rings. The Labute approximate surface area is 155 Å². The van der Waals surface area contributed by atoms with Gasteiger partial charge in [0, 0.05) is 25.7 Å². The molecule has 0 aromatic carbocycles. The molecular weight excluding hydrogens is 308 g/mol. The summed E-state index contributed by atoms with van der Waals surface area (Å²) >= 11 is 0. The Morgan fingerprint density at radius 1 is 1.08 bits per heavy atom. The third kappa shape index (κ3) is 4.87. The molecule has 0 aromatic rings. The summed E-state index contributed by atoms with van der Waals surface area (Å²) in [6.07, 6.45) is 10.4. The van der Waals surface area contributed by atoms with Crippen LogP contribution in [-0.2, 0) is 0 Å². The third-order valence-electron chi connectivity index (χ3n) is 7.27. The number of hydrogen-bond donors (Lipinski definition) is 1. The van der Waals surface area contributed by atoms with Crippen LogP contribution in [0.2, 0.25) is 0 Å². The normalized spacial score (nSPS) is 30.0. The van der Waals surface area contributed by atoms with Crippen molar-refractivity contribution in [3.63, 3.8) is 0 Å². The van der Waals surface area contributed by atoms with E-state index in [2.05, 4.69) is 30.6 Å². The first kappa shape index (κ1) is 19.4. The molecule has 2 aliphatic heterocycles. The summed E-state index contributed by atoms with van der Waals surface area (Å²) in [4.78, 5) is 5.45. The molecule has 0 radical (unpaired) electrons. The highest BCUT2D eigenvalue weighted by atomic mass is 16.3. The van der Waals surface area contributed by atoms with Crippen LogP contribution < -0.4 is 0 Å². The lowest BCUT2D eigenvalue weighted by atomic mass is 9.71. The quantitative estimate of drug-likeness (QED) is 0.759. The van der Waals surface area contributed by atoms with Crippen LogP contribution in [-0.4, -0.2) is 60.3 Å². The van der Waals surface area contributed by atoms with E-state index in [0.717, 1.165) is 6.04 Å². The summed E-state index contributed by atoms with van der Waals surface area (Å²) in [6, 6.07) is 0.753. The lowest BCUT2D eigenvalue weighted by molar-refractivity contribution is 0.0566. The fraction of sp³-hybridized carbons (Fsp3) is 0.909. The van der Waals surface area contributed by atoms with Gasteiger partial charge in [0.25, 0.3) is 0 Å². The van der Waals surface area contributed by atoms with Crippen molar-refractivity contribution in [3.8, 4) is 0 Å². The molecule has 2 saturated heterocycles. The lowest BCUT2D eigenvalue weighted by Gasteiger charge is -2.43. The van der Waals surface area contributed by atoms with Crippen molar-refractivity contribution in [2.24, 2.45) is 11.3 Å². The molecular formula is C22H40N2O. The predicted molar refractivity (Wildman–Crippen MR) is 106 cm³/mol. The van der Waals surface area contributed by atoms with Crippen molar-refractivity contribution in [1.29, 1.82) is 0 Å². The average molecular weight is 349 g/mol. The van der Waals surface area contributed by atoms with Crippen LogP contribution in [0.4, 0.5) is 0 Å². The first-order valence-electron chi connectivity index (χ1n) is 10.8. The molecule has 2 heterocycles. The van der Waals surface area contributed by atoms with Crippen LogP contribution in [0.5, 0.6) is 0 Å². The molecule has 1 unspecified atom stereocenters. The molecule has 25 heavy (non-hydrogen) atoms. The number of hydrogen-bond acceptors (Lipinski definition) is 3. The minimum Gasteiger partial charge on any atom is -0.396 e. The maximum absolute atomic E-state index is 9.36. The zero-order valence-corrected chi connectivity index (χ0v) is 16.9. The van der Waals surface area contributed by atoms with Crippen molar-refractivity contribution in [2.45, 2.75) is 78.2 Å². The van der Waals surface area contributed by atoms with Gasteiger partial charge >= 0.3 is 0 Å². The van der Waals surface area contributed by atoms with Gasteiger partial charge in [-0.15, -0.1) is 0 Å². The maximum Gasteiger partial charge on any atom is 0.0460 e. The summed E-state index contributed by atoms with van der Waals surface area (Å²) in [5.41, 5.74) is 3.85. The molecule has 0 spiro atoms. The molecule has 0 aromatic heterocycles. The van der Waals surface area contributed by atoms with Crippen molar-refractivity contribution >= 4 is 0 Å². The van der Waals surface area contributed by atoms with E-state index in [0.29, 0.717) is 17.9 Å². The first-order valence-corrected chi connectivity index (χ1v) is 10.8. The van der Waals surface area contributed by atoms with Gasteiger partial charge in [0.1, 0.15) is 0 Å². The van der Waals surface area contributed by atoms with Crippen molar-refractivity contribution in [2.75, 3.05) is 39.3 Å². The van der Waals surface area contributed by atoms with Gasteiger partial charge in [0.05, 0.1) is 0 Å². The van der Waals surface area contributed by atoms with Crippen molar-refractivity contribution in [3.05, 3.63) is 11.1 Å². The SMILES string of the molecule is CC1=C(CCN2CCCC(N3CCC(CO)CC3)C2)C(C)(C)CCC1. The molecule has 1 aliphatic carbocycles. The minimum absolute atomic E-state index is 0.384. The van der Waals surface area contributed by atoms with E-state index in [1.54, 1.807) is 11.1 Å². The number of nitrogens with zero attached hydrogens (tertiary/aromatic N) is 2. The van der Waals surface area contributed by atoms with Gasteiger partial charge in [0.2, 0.25) is 0 Å². The molecule has 3 heteroatoms. The lowest BCUT2D eigenvalue weighted by Crippen LogP contribution is -2.50. The Morgan fingerprint density at radius 2 is 1.84 bits per heavy atom. The van der Waals surface area contributed by atoms with E-state index < -0.39 is 0 Å². The highest BCUT2D eigenvalue weighted by Crippen LogP contribution is 2.41. The molecule has 3 nitrogen and oxygen atoms in total. The second-order valence-corrected chi connectivity index (χ2v) is 9.50. The van der Waals surface area contributed by atoms with Crippen molar-refractivity contribution in [1.82, 2.24) is 9.80 Å². The molecule has 0 bridgehead atoms. The Balaban J connectivity index is 1.50. The number of piperidine rings is 2. The van der Waals surface area contributed by atoms with E-state index in [1.165, 1.54) is 84.1 Å². The standard InChI is InChI=1S/C22H40N2O/c1-18-6-4-11-22(2,3)21(18)10-13-23-12-5-7-20(16-23)24-14-8-19(17-25)9-15-24/h19-20,25H,4-17H2,1-3H3. The summed E-state index contributed by atoms with van der Waals surface area (Å²) in [7, 11) is 0. The number of aliphatic hydroxyl groups is 1. The van der Waals surface area contributed by atoms with Crippen molar-refractivity contribution < 1.29 is 5.11 Å². The number of rotatable bonds is 5. The van der Waals surface area contributed by atoms with E-state index >= 15 is 0 Å². The number of allylic oxidation sites excluding steroid dienone is 1. The van der Waals surface area contributed by atoms with Gasteiger partial charge in [-0.05, 0) is 89.3 Å². The van der Waals surface area contributed by atoms with Crippen LogP contribution in [0.3, 0.4) is 0 Å². The fourth-order valence-electron chi connectivity index (χ4n) is 5.53. The summed E-state index contributed by atoms with van der Waals surface area (Å²) < 4.78 is 0. The van der Waals surface area contributed by atoms with Crippen LogP contribution in [0.25, 0.3) is 0 Å². The van der Waals surface area contributed by atoms with Gasteiger partial charge < -0.3 is 10.0 Å². The van der Waals surface area contributed by atoms with Crippen LogP contribution in [0.15, 0.2) is 11.1 Å². The maximum atomic E-state index is 9.36. The zero-order valence-electron chi connectivity index (χ0n) is 16.9. The van der Waals surface area contributed by atoms with Crippen LogP contribution >= 0.6 is 0 Å². The van der Waals surface area contributed by atoms with E-state index in [1.807, 2.05) is 0 Å². The molecule has 0 saturated carbocycles. The topological polar surface area (TPSA) is 26.7 Å². The molecule has 1 N–H and O–H groups in total. The van der Waals surface area contributed by atoms with E-state index in [-0.39, 0.29) is 0 Å². The molecule has 2 fully saturated rings. The van der Waals surface area contributed by atoms with Gasteiger partial charge in [-0.1, -0.05) is 25.0 Å². The highest BCUT2D eigenvalue weighted by molar-refractivity contribution is 5.22. The smallest absolute Gasteiger partial charge is 0.0460 e. The Bertz CT molecular complexity index is 463. The largest absolute Gasteiger partial charge is 0.396 e. The first-order chi connectivity index (χ1) is 12.0. The molecule has 144 valence electrons. The second kappa shape index (κ2) is 8.54. The summed E-state index contributed by atoms with van der Waals surface area (Å²) in [5.74, 6) is 0.555. The minimum atomic E-state index is 0.384. The third-order valence-corrected chi connectivity index (χ3v) is 7.27. The number of aliphatic hydroxyl groups excluding tert-OH is 1. The van der Waals surface area contributed by atoms with Gasteiger partial charge in [-0.2, -0.15) is 0 Å². The molecule has 0 amide bonds. The van der Waals surface area contributed by atoms with Crippen LogP contribution in [0, 0.1) is 11.3 Å². The van der Waals surface area contributed by atoms with Gasteiger partial charge in [-0.3, -0.25) is 4.90 Å². The zero-order chi connectivity index (χ0) is 17.9. The fourth-order valence-corrected chi connectivity index (χ4v) is 5.53.